The zero-order valence-corrected chi connectivity index (χ0v) is 9.60. The van der Waals surface area contributed by atoms with Gasteiger partial charge in [-0.15, -0.1) is 0 Å². The highest BCUT2D eigenvalue weighted by Crippen LogP contribution is 2.47. The van der Waals surface area contributed by atoms with Crippen LogP contribution in [0.15, 0.2) is 16.7 Å². The summed E-state index contributed by atoms with van der Waals surface area (Å²) in [5, 5.41) is 3.48. The van der Waals surface area contributed by atoms with Crippen molar-refractivity contribution in [2.75, 3.05) is 11.9 Å². The van der Waals surface area contributed by atoms with Crippen LogP contribution in [-0.4, -0.2) is 11.5 Å². The van der Waals surface area contributed by atoms with Gasteiger partial charge >= 0.3 is 0 Å². The number of fused-ring (bicyclic) bond motifs is 2. The van der Waals surface area contributed by atoms with E-state index in [1.807, 2.05) is 6.07 Å². The van der Waals surface area contributed by atoms with Gasteiger partial charge in [-0.05, 0) is 40.9 Å². The van der Waals surface area contributed by atoms with Crippen LogP contribution in [0.5, 0.6) is 0 Å². The van der Waals surface area contributed by atoms with Crippen LogP contribution in [0.3, 0.4) is 0 Å². The first kappa shape index (κ1) is 8.72. The van der Waals surface area contributed by atoms with Crippen molar-refractivity contribution in [2.24, 2.45) is 0 Å². The molecule has 2 heterocycles. The fourth-order valence-electron chi connectivity index (χ4n) is 2.80. The van der Waals surface area contributed by atoms with Crippen molar-refractivity contribution in [2.45, 2.75) is 31.1 Å². The molecule has 1 aliphatic carbocycles. The monoisotopic (exact) mass is 252 g/mol. The Kier molecular flexibility index (Phi) is 1.84. The van der Waals surface area contributed by atoms with Gasteiger partial charge in [0.15, 0.2) is 0 Å². The molecule has 14 heavy (non-hydrogen) atoms. The summed E-state index contributed by atoms with van der Waals surface area (Å²) in [5.41, 5.74) is 2.90. The molecule has 1 aromatic heterocycles. The standard InChI is InChI=1S/C11H13BrN2/c12-9-4-3-8-10(14-9)11(7-13-8)5-1-2-6-11/h3-4,13H,1-2,5-7H2. The van der Waals surface area contributed by atoms with Crippen LogP contribution < -0.4 is 5.32 Å². The van der Waals surface area contributed by atoms with Gasteiger partial charge in [-0.2, -0.15) is 0 Å². The van der Waals surface area contributed by atoms with E-state index in [0.717, 1.165) is 11.1 Å². The number of nitrogens with zero attached hydrogens (tertiary/aromatic N) is 1. The minimum atomic E-state index is 0.360. The van der Waals surface area contributed by atoms with Gasteiger partial charge in [-0.25, -0.2) is 4.98 Å². The molecule has 3 rings (SSSR count). The highest BCUT2D eigenvalue weighted by Gasteiger charge is 2.42. The molecule has 1 aliphatic heterocycles. The molecule has 1 aromatic rings. The van der Waals surface area contributed by atoms with E-state index in [4.69, 9.17) is 0 Å². The van der Waals surface area contributed by atoms with Gasteiger partial charge in [-0.3, -0.25) is 0 Å². The zero-order valence-electron chi connectivity index (χ0n) is 8.02. The third-order valence-corrected chi connectivity index (χ3v) is 3.98. The normalized spacial score (nSPS) is 22.4. The number of rotatable bonds is 0. The second kappa shape index (κ2) is 2.96. The smallest absolute Gasteiger partial charge is 0.106 e. The van der Waals surface area contributed by atoms with Crippen LogP contribution in [0.1, 0.15) is 31.4 Å². The molecule has 0 unspecified atom stereocenters. The number of halogens is 1. The van der Waals surface area contributed by atoms with E-state index in [0.29, 0.717) is 5.41 Å². The maximum atomic E-state index is 4.64. The second-order valence-electron chi connectivity index (χ2n) is 4.37. The highest BCUT2D eigenvalue weighted by atomic mass is 79.9. The molecule has 2 nitrogen and oxygen atoms in total. The number of hydrogen-bond acceptors (Lipinski definition) is 2. The summed E-state index contributed by atoms with van der Waals surface area (Å²) < 4.78 is 0.964. The Balaban J connectivity index is 2.12. The first-order valence-corrected chi connectivity index (χ1v) is 6.00. The SMILES string of the molecule is Brc1ccc2c(n1)C1(CCCC1)CN2. The van der Waals surface area contributed by atoms with Gasteiger partial charge in [0.1, 0.15) is 4.60 Å². The van der Waals surface area contributed by atoms with Crippen LogP contribution >= 0.6 is 15.9 Å². The lowest BCUT2D eigenvalue weighted by Crippen LogP contribution is -2.25. The van der Waals surface area contributed by atoms with Crippen LogP contribution in [0.2, 0.25) is 0 Å². The van der Waals surface area contributed by atoms with E-state index >= 15 is 0 Å². The second-order valence-corrected chi connectivity index (χ2v) is 5.18. The van der Waals surface area contributed by atoms with Gasteiger partial charge in [0.05, 0.1) is 11.4 Å². The predicted octanol–water partition coefficient (Wildman–Crippen LogP) is 3.08. The maximum absolute atomic E-state index is 4.64. The first-order valence-electron chi connectivity index (χ1n) is 5.21. The van der Waals surface area contributed by atoms with Crippen molar-refractivity contribution in [1.82, 2.24) is 4.98 Å². The maximum Gasteiger partial charge on any atom is 0.106 e. The van der Waals surface area contributed by atoms with Crippen molar-refractivity contribution in [3.05, 3.63) is 22.4 Å². The Morgan fingerprint density at radius 1 is 1.29 bits per heavy atom. The highest BCUT2D eigenvalue weighted by molar-refractivity contribution is 9.10. The van der Waals surface area contributed by atoms with Crippen molar-refractivity contribution >= 4 is 21.6 Å². The van der Waals surface area contributed by atoms with E-state index in [2.05, 4.69) is 32.3 Å². The Hall–Kier alpha value is -0.570. The largest absolute Gasteiger partial charge is 0.383 e. The van der Waals surface area contributed by atoms with E-state index in [1.165, 1.54) is 37.1 Å². The Morgan fingerprint density at radius 3 is 2.86 bits per heavy atom. The summed E-state index contributed by atoms with van der Waals surface area (Å²) >= 11 is 3.46. The van der Waals surface area contributed by atoms with E-state index in [9.17, 15) is 0 Å². The van der Waals surface area contributed by atoms with E-state index in [1.54, 1.807) is 0 Å². The lowest BCUT2D eigenvalue weighted by atomic mass is 9.84. The number of anilines is 1. The summed E-state index contributed by atoms with van der Waals surface area (Å²) in [4.78, 5) is 4.64. The molecular weight excluding hydrogens is 240 g/mol. The van der Waals surface area contributed by atoms with E-state index in [-0.39, 0.29) is 0 Å². The van der Waals surface area contributed by atoms with Gasteiger partial charge in [0.25, 0.3) is 0 Å². The molecule has 1 fully saturated rings. The minimum absolute atomic E-state index is 0.360. The average Bonchev–Trinajstić information content (AvgIpc) is 2.77. The Bertz CT molecular complexity index is 370. The summed E-state index contributed by atoms with van der Waals surface area (Å²) in [7, 11) is 0. The summed E-state index contributed by atoms with van der Waals surface area (Å²) in [6.07, 6.45) is 5.32. The zero-order chi connectivity index (χ0) is 9.60. The third-order valence-electron chi connectivity index (χ3n) is 3.54. The molecule has 0 saturated heterocycles. The predicted molar refractivity (Wildman–Crippen MR) is 60.6 cm³/mol. The molecule has 0 aromatic carbocycles. The third kappa shape index (κ3) is 1.11. The van der Waals surface area contributed by atoms with Crippen molar-refractivity contribution < 1.29 is 0 Å². The fourth-order valence-corrected chi connectivity index (χ4v) is 3.11. The van der Waals surface area contributed by atoms with Crippen LogP contribution in [0, 0.1) is 0 Å². The van der Waals surface area contributed by atoms with Crippen LogP contribution in [0.25, 0.3) is 0 Å². The Labute approximate surface area is 92.2 Å². The number of pyridine rings is 1. The first-order chi connectivity index (χ1) is 6.80. The molecule has 1 N–H and O–H groups in total. The summed E-state index contributed by atoms with van der Waals surface area (Å²) in [6, 6.07) is 4.15. The molecule has 3 heteroatoms. The van der Waals surface area contributed by atoms with Crippen LogP contribution in [0.4, 0.5) is 5.69 Å². The van der Waals surface area contributed by atoms with Crippen molar-refractivity contribution in [3.63, 3.8) is 0 Å². The number of nitrogens with one attached hydrogen (secondary N) is 1. The molecule has 1 spiro atoms. The summed E-state index contributed by atoms with van der Waals surface area (Å²) in [5.74, 6) is 0. The molecule has 74 valence electrons. The molecule has 0 bridgehead atoms. The fraction of sp³-hybridized carbons (Fsp3) is 0.545. The molecule has 0 amide bonds. The lowest BCUT2D eigenvalue weighted by molar-refractivity contribution is 0.475. The quantitative estimate of drug-likeness (QED) is 0.719. The topological polar surface area (TPSA) is 24.9 Å². The van der Waals surface area contributed by atoms with Gasteiger partial charge in [0.2, 0.25) is 0 Å². The lowest BCUT2D eigenvalue weighted by Gasteiger charge is -2.21. The molecule has 0 radical (unpaired) electrons. The number of aromatic nitrogens is 1. The van der Waals surface area contributed by atoms with Gasteiger partial charge in [-0.1, -0.05) is 12.8 Å². The average molecular weight is 253 g/mol. The Morgan fingerprint density at radius 2 is 2.07 bits per heavy atom. The van der Waals surface area contributed by atoms with E-state index < -0.39 is 0 Å². The molecule has 2 aliphatic rings. The van der Waals surface area contributed by atoms with Gasteiger partial charge < -0.3 is 5.32 Å². The molecule has 1 saturated carbocycles. The molecule has 0 atom stereocenters. The molecular formula is C11H13BrN2. The van der Waals surface area contributed by atoms with Gasteiger partial charge in [0, 0.05) is 12.0 Å². The van der Waals surface area contributed by atoms with Crippen LogP contribution in [-0.2, 0) is 5.41 Å². The van der Waals surface area contributed by atoms with Crippen molar-refractivity contribution in [3.8, 4) is 0 Å². The summed E-state index contributed by atoms with van der Waals surface area (Å²) in [6.45, 7) is 1.09. The number of hydrogen-bond donors (Lipinski definition) is 1. The van der Waals surface area contributed by atoms with Crippen molar-refractivity contribution in [1.29, 1.82) is 0 Å². The minimum Gasteiger partial charge on any atom is -0.383 e.